The number of hydrogen-bond acceptors (Lipinski definition) is 4. The molecule has 0 aromatic heterocycles. The summed E-state index contributed by atoms with van der Waals surface area (Å²) in [6, 6.07) is 6.81. The maximum atomic E-state index is 13.4. The predicted molar refractivity (Wildman–Crippen MR) is 107 cm³/mol. The van der Waals surface area contributed by atoms with E-state index in [0.29, 0.717) is 39.0 Å². The van der Waals surface area contributed by atoms with Crippen LogP contribution in [0.2, 0.25) is 0 Å². The first kappa shape index (κ1) is 22.8. The average molecular weight is 414 g/mol. The van der Waals surface area contributed by atoms with Crippen LogP contribution in [0.15, 0.2) is 29.2 Å². The van der Waals surface area contributed by atoms with E-state index in [1.807, 2.05) is 6.92 Å². The molecule has 0 spiro atoms. The van der Waals surface area contributed by atoms with Gasteiger partial charge in [-0.05, 0) is 65.0 Å². The lowest BCUT2D eigenvalue weighted by Crippen LogP contribution is -2.40. The number of nitrogens with zero attached hydrogens (tertiary/aromatic N) is 1. The Morgan fingerprint density at radius 2 is 1.75 bits per heavy atom. The third kappa shape index (κ3) is 6.85. The van der Waals surface area contributed by atoms with Crippen LogP contribution in [0.4, 0.5) is 4.39 Å². The molecule has 1 fully saturated rings. The molecule has 0 amide bonds. The molecule has 0 unspecified atom stereocenters. The van der Waals surface area contributed by atoms with E-state index < -0.39 is 15.7 Å². The second kappa shape index (κ2) is 9.83. The molecular weight excluding hydrogens is 381 g/mol. The fourth-order valence-corrected chi connectivity index (χ4v) is 4.78. The van der Waals surface area contributed by atoms with Crippen molar-refractivity contribution in [2.75, 3.05) is 19.7 Å². The van der Waals surface area contributed by atoms with Gasteiger partial charge in [0.1, 0.15) is 5.67 Å². The van der Waals surface area contributed by atoms with E-state index in [1.54, 1.807) is 38.1 Å². The number of ether oxygens (including phenoxy) is 1. The summed E-state index contributed by atoms with van der Waals surface area (Å²) in [6.45, 7) is 6.03. The number of sulfonamides is 1. The van der Waals surface area contributed by atoms with Gasteiger partial charge in [0.15, 0.2) is 0 Å². The minimum absolute atomic E-state index is 0.252. The Morgan fingerprint density at radius 3 is 2.32 bits per heavy atom. The minimum atomic E-state index is -3.52. The molecule has 0 atom stereocenters. The largest absolute Gasteiger partial charge is 0.465 e. The van der Waals surface area contributed by atoms with Crippen LogP contribution in [0.5, 0.6) is 0 Å². The van der Waals surface area contributed by atoms with E-state index in [4.69, 9.17) is 4.74 Å². The zero-order valence-corrected chi connectivity index (χ0v) is 17.9. The zero-order chi connectivity index (χ0) is 20.8. The number of alkyl halides is 1. The van der Waals surface area contributed by atoms with Crippen molar-refractivity contribution in [2.24, 2.45) is 5.92 Å². The Hall–Kier alpha value is -1.47. The summed E-state index contributed by atoms with van der Waals surface area (Å²) in [6.07, 6.45) is 3.78. The van der Waals surface area contributed by atoms with Gasteiger partial charge in [-0.25, -0.2) is 12.8 Å². The molecule has 1 heterocycles. The summed E-state index contributed by atoms with van der Waals surface area (Å²) in [5.41, 5.74) is -0.141. The number of benzene rings is 1. The van der Waals surface area contributed by atoms with Crippen molar-refractivity contribution in [3.8, 4) is 0 Å². The molecule has 1 saturated heterocycles. The van der Waals surface area contributed by atoms with Crippen molar-refractivity contribution < 1.29 is 22.3 Å². The quantitative estimate of drug-likeness (QED) is 0.448. The topological polar surface area (TPSA) is 63.7 Å². The molecule has 1 aromatic carbocycles. The highest BCUT2D eigenvalue weighted by Crippen LogP contribution is 2.25. The number of piperidine rings is 1. The molecular formula is C21H32FNO4S. The fraction of sp³-hybridized carbons (Fsp3) is 0.667. The Morgan fingerprint density at radius 1 is 1.14 bits per heavy atom. The Balaban J connectivity index is 1.72. The molecule has 0 saturated carbocycles. The zero-order valence-electron chi connectivity index (χ0n) is 17.1. The van der Waals surface area contributed by atoms with Crippen LogP contribution in [0.3, 0.4) is 0 Å². The molecule has 7 heteroatoms. The van der Waals surface area contributed by atoms with Gasteiger partial charge in [-0.15, -0.1) is 0 Å². The summed E-state index contributed by atoms with van der Waals surface area (Å²) in [5, 5.41) is 0. The molecule has 5 nitrogen and oxygen atoms in total. The van der Waals surface area contributed by atoms with Gasteiger partial charge in [0.25, 0.3) is 0 Å². The lowest BCUT2D eigenvalue weighted by molar-refractivity contribution is -0.150. The third-order valence-corrected chi connectivity index (χ3v) is 7.02. The number of carbonyl (C=O) groups excluding carboxylic acids is 1. The van der Waals surface area contributed by atoms with Gasteiger partial charge in [-0.3, -0.25) is 4.79 Å². The van der Waals surface area contributed by atoms with Gasteiger partial charge >= 0.3 is 5.97 Å². The molecule has 0 aliphatic carbocycles. The molecule has 1 aliphatic heterocycles. The van der Waals surface area contributed by atoms with Crippen molar-refractivity contribution in [1.82, 2.24) is 4.31 Å². The lowest BCUT2D eigenvalue weighted by Gasteiger charge is -2.30. The van der Waals surface area contributed by atoms with Crippen molar-refractivity contribution in [3.05, 3.63) is 29.8 Å². The van der Waals surface area contributed by atoms with E-state index in [0.717, 1.165) is 24.8 Å². The Bertz CT molecular complexity index is 733. The first-order chi connectivity index (χ1) is 13.1. The van der Waals surface area contributed by atoms with Crippen LogP contribution in [0.1, 0.15) is 57.9 Å². The number of halogens is 1. The number of carbonyl (C=O) groups is 1. The molecule has 1 aromatic rings. The first-order valence-corrected chi connectivity index (χ1v) is 11.5. The number of hydrogen-bond donors (Lipinski definition) is 0. The molecule has 1 aliphatic rings. The van der Waals surface area contributed by atoms with Crippen LogP contribution >= 0.6 is 0 Å². The van der Waals surface area contributed by atoms with Crippen molar-refractivity contribution in [2.45, 2.75) is 69.9 Å². The second-order valence-electron chi connectivity index (χ2n) is 8.19. The van der Waals surface area contributed by atoms with E-state index in [-0.39, 0.29) is 16.8 Å². The highest BCUT2D eigenvalue weighted by atomic mass is 32.2. The smallest absolute Gasteiger partial charge is 0.309 e. The second-order valence-corrected chi connectivity index (χ2v) is 10.1. The number of unbranched alkanes of at least 4 members (excludes halogenated alkanes) is 2. The molecule has 158 valence electrons. The van der Waals surface area contributed by atoms with Gasteiger partial charge in [0, 0.05) is 13.1 Å². The molecule has 2 rings (SSSR count). The van der Waals surface area contributed by atoms with E-state index in [2.05, 4.69) is 0 Å². The number of esters is 1. The van der Waals surface area contributed by atoms with Crippen molar-refractivity contribution in [3.63, 3.8) is 0 Å². The monoisotopic (exact) mass is 413 g/mol. The van der Waals surface area contributed by atoms with E-state index in [9.17, 15) is 17.6 Å². The van der Waals surface area contributed by atoms with Crippen LogP contribution in [-0.4, -0.2) is 44.1 Å². The third-order valence-electron chi connectivity index (χ3n) is 5.11. The van der Waals surface area contributed by atoms with Gasteiger partial charge in [-0.2, -0.15) is 4.31 Å². The predicted octanol–water partition coefficient (Wildman–Crippen LogP) is 4.25. The molecule has 0 radical (unpaired) electrons. The molecule has 0 N–H and O–H groups in total. The summed E-state index contributed by atoms with van der Waals surface area (Å²) in [5.74, 6) is -0.507. The summed E-state index contributed by atoms with van der Waals surface area (Å²) < 4.78 is 45.6. The SMILES string of the molecule is Cc1ccc(S(=O)(=O)N2CCC(C(=O)OCCCCCC(C)(C)F)CC2)cc1. The number of aryl methyl sites for hydroxylation is 1. The highest BCUT2D eigenvalue weighted by molar-refractivity contribution is 7.89. The van der Waals surface area contributed by atoms with Crippen LogP contribution in [0.25, 0.3) is 0 Å². The maximum absolute atomic E-state index is 13.4. The van der Waals surface area contributed by atoms with Gasteiger partial charge in [0.2, 0.25) is 10.0 Å². The standard InChI is InChI=1S/C21H32FNO4S/c1-17-7-9-19(10-8-17)28(25,26)23-14-11-18(12-15-23)20(24)27-16-6-4-5-13-21(2,3)22/h7-10,18H,4-6,11-16H2,1-3H3. The van der Waals surface area contributed by atoms with Crippen molar-refractivity contribution >= 4 is 16.0 Å². The van der Waals surface area contributed by atoms with Gasteiger partial charge in [-0.1, -0.05) is 24.1 Å². The summed E-state index contributed by atoms with van der Waals surface area (Å²) in [4.78, 5) is 12.5. The van der Waals surface area contributed by atoms with Crippen LogP contribution in [-0.2, 0) is 19.6 Å². The highest BCUT2D eigenvalue weighted by Gasteiger charge is 2.32. The van der Waals surface area contributed by atoms with Gasteiger partial charge in [0.05, 0.1) is 17.4 Å². The average Bonchev–Trinajstić information content (AvgIpc) is 2.64. The number of rotatable bonds is 9. The minimum Gasteiger partial charge on any atom is -0.465 e. The fourth-order valence-electron chi connectivity index (χ4n) is 3.31. The van der Waals surface area contributed by atoms with Crippen molar-refractivity contribution in [1.29, 1.82) is 0 Å². The maximum Gasteiger partial charge on any atom is 0.309 e. The lowest BCUT2D eigenvalue weighted by atomic mass is 9.98. The van der Waals surface area contributed by atoms with Crippen LogP contribution in [0, 0.1) is 12.8 Å². The Kier molecular flexibility index (Phi) is 8.01. The molecule has 0 bridgehead atoms. The van der Waals surface area contributed by atoms with Crippen LogP contribution < -0.4 is 0 Å². The molecule has 28 heavy (non-hydrogen) atoms. The normalized spacial score (nSPS) is 16.9. The first-order valence-electron chi connectivity index (χ1n) is 10.0. The van der Waals surface area contributed by atoms with E-state index in [1.165, 1.54) is 4.31 Å². The van der Waals surface area contributed by atoms with Gasteiger partial charge < -0.3 is 4.74 Å². The summed E-state index contributed by atoms with van der Waals surface area (Å²) >= 11 is 0. The Labute approximate surface area is 168 Å². The summed E-state index contributed by atoms with van der Waals surface area (Å²) in [7, 11) is -3.52. The van der Waals surface area contributed by atoms with E-state index >= 15 is 0 Å².